The van der Waals surface area contributed by atoms with Crippen LogP contribution in [0.1, 0.15) is 5.56 Å². The van der Waals surface area contributed by atoms with Gasteiger partial charge in [0, 0.05) is 62.8 Å². The Bertz CT molecular complexity index is 3900. The Morgan fingerprint density at radius 2 is 0.802 bits per heavy atom. The summed E-state index contributed by atoms with van der Waals surface area (Å²) in [7, 11) is 0. The first kappa shape index (κ1) is 64.8. The summed E-state index contributed by atoms with van der Waals surface area (Å²) in [6.45, 7) is 0. The number of nitrogens with one attached hydrogen (secondary N) is 2. The van der Waals surface area contributed by atoms with E-state index in [1.807, 2.05) is 6.07 Å². The topological polar surface area (TPSA) is 215 Å². The van der Waals surface area contributed by atoms with Crippen molar-refractivity contribution in [2.75, 3.05) is 36.0 Å². The molecule has 16 nitrogen and oxygen atoms in total. The Hall–Kier alpha value is -8.74. The molecule has 86 heavy (non-hydrogen) atoms. The highest BCUT2D eigenvalue weighted by molar-refractivity contribution is 6.60. The zero-order valence-corrected chi connectivity index (χ0v) is 50.1. The molecule has 0 aromatic heterocycles. The van der Waals surface area contributed by atoms with Crippen molar-refractivity contribution < 1.29 is 38.7 Å². The minimum absolute atomic E-state index is 0.236. The average Bonchev–Trinajstić information content (AvgIpc) is 1.90. The summed E-state index contributed by atoms with van der Waals surface area (Å²) >= 11 is 46.6. The van der Waals surface area contributed by atoms with Gasteiger partial charge in [0.15, 0.2) is 0 Å². The molecule has 5 N–H and O–H groups in total. The highest BCUT2D eigenvalue weighted by Crippen LogP contribution is 2.42. The van der Waals surface area contributed by atoms with Gasteiger partial charge in [-0.15, -0.1) is 0 Å². The second-order valence-electron chi connectivity index (χ2n) is 17.6. The molecule has 0 spiro atoms. The second-order valence-corrected chi connectivity index (χ2v) is 21.1. The molecule has 0 bridgehead atoms. The number of rotatable bonds is 8. The number of amides is 9. The second kappa shape index (κ2) is 30.4. The first-order chi connectivity index (χ1) is 41.2. The lowest BCUT2D eigenvalue weighted by Crippen LogP contribution is -2.47. The number of anilines is 7. The third kappa shape index (κ3) is 17.0. The number of carbonyl (C=O) groups excluding carboxylic acids is 7. The Morgan fingerprint density at radius 1 is 0.430 bits per heavy atom. The molecule has 9 aromatic rings. The van der Waals surface area contributed by atoms with Crippen LogP contribution in [0.25, 0.3) is 0 Å². The van der Waals surface area contributed by atoms with Crippen LogP contribution in [-0.4, -0.2) is 47.0 Å². The normalized spacial score (nSPS) is 14.0. The zero-order chi connectivity index (χ0) is 62.1. The summed E-state index contributed by atoms with van der Waals surface area (Å²) in [5.41, 5.74) is 6.93. The van der Waals surface area contributed by atoms with Crippen molar-refractivity contribution in [1.29, 1.82) is 0 Å². The Labute approximate surface area is 532 Å². The van der Waals surface area contributed by atoms with Gasteiger partial charge in [-0.05, 0) is 146 Å². The van der Waals surface area contributed by atoms with Crippen LogP contribution in [0.2, 0.25) is 40.2 Å². The molecule has 0 saturated carbocycles. The SMILES string of the molecule is Nc1cccc(Cl)c1.O=C(Nc1cccc(Cl)c1)Nc1cccc(Cl)c1.O=C1C(=O)N(c2cccc(Cl)c2)C(=O)N1c1cccc(Cl)c1.O=C1N(c2cccc(Cl)c2)C(=O)C(O)(c2ccccc2)N1c1cccc(Cl)c1.O=C=Nc1cccc(Cl)c1. The number of urea groups is 3. The van der Waals surface area contributed by atoms with E-state index >= 15 is 0 Å². The van der Waals surface area contributed by atoms with E-state index in [2.05, 4.69) is 15.6 Å². The number of nitrogen functional groups attached to an aromatic ring is 1. The van der Waals surface area contributed by atoms with Crippen molar-refractivity contribution in [3.8, 4) is 0 Å². The number of hydrogen-bond donors (Lipinski definition) is 4. The van der Waals surface area contributed by atoms with Gasteiger partial charge in [0.2, 0.25) is 6.08 Å². The molecule has 9 aromatic carbocycles. The Morgan fingerprint density at radius 3 is 1.20 bits per heavy atom. The fraction of sp³-hybridized carbons (Fsp3) is 0.0161. The van der Waals surface area contributed by atoms with Crippen molar-refractivity contribution in [3.63, 3.8) is 0 Å². The fourth-order valence-electron chi connectivity index (χ4n) is 7.94. The molecule has 2 fully saturated rings. The van der Waals surface area contributed by atoms with Gasteiger partial charge in [0.25, 0.3) is 11.6 Å². The molecule has 2 aliphatic heterocycles. The molecule has 2 saturated heterocycles. The molecule has 0 radical (unpaired) electrons. The maximum absolute atomic E-state index is 13.4. The number of aliphatic hydroxyl groups is 1. The lowest BCUT2D eigenvalue weighted by Gasteiger charge is -2.30. The van der Waals surface area contributed by atoms with Crippen molar-refractivity contribution in [1.82, 2.24) is 0 Å². The molecule has 24 heteroatoms. The van der Waals surface area contributed by atoms with E-state index in [0.29, 0.717) is 68.6 Å². The summed E-state index contributed by atoms with van der Waals surface area (Å²) in [6.07, 6.45) is 1.43. The van der Waals surface area contributed by atoms with Crippen LogP contribution in [0.5, 0.6) is 0 Å². The van der Waals surface area contributed by atoms with E-state index in [1.54, 1.807) is 182 Å². The van der Waals surface area contributed by atoms with Crippen LogP contribution >= 0.6 is 92.8 Å². The van der Waals surface area contributed by atoms with Gasteiger partial charge in [0.1, 0.15) is 0 Å². The lowest BCUT2D eigenvalue weighted by molar-refractivity contribution is -0.133. The summed E-state index contributed by atoms with van der Waals surface area (Å²) in [5, 5.41) is 20.7. The fourth-order valence-corrected chi connectivity index (χ4v) is 9.44. The first-order valence-electron chi connectivity index (χ1n) is 24.8. The summed E-state index contributed by atoms with van der Waals surface area (Å²) in [5.74, 6) is -2.68. The van der Waals surface area contributed by atoms with Crippen molar-refractivity contribution in [3.05, 3.63) is 270 Å². The monoisotopic (exact) mass is 1310 g/mol. The number of halogens is 8. The maximum Gasteiger partial charge on any atom is 0.343 e. The standard InChI is InChI=1S/C21H14Cl2N2O3.C15H8Cl2N2O3.C13H10Cl2N2O.C7H4ClNO.C6H6ClN/c22-15-8-4-10-17(12-15)24-19(26)21(28,14-6-2-1-3-7-14)25(20(24)27)18-11-5-9-16(23)13-18;16-9-3-1-5-11(7-9)18-13(20)14(21)19(15(18)22)12-6-2-4-10(17)8-12;14-9-3-1-5-11(7-9)16-13(18)17-12-6-2-4-10(15)8-12;8-6-2-1-3-7(4-6)9-5-10;7-5-2-1-3-6(8)4-5/h1-13,28H;1-8H;1-8H,(H2,16,17,18);1-4H;1-4H,8H2. The molecule has 11 rings (SSSR count). The van der Waals surface area contributed by atoms with Crippen molar-refractivity contribution in [2.24, 2.45) is 4.99 Å². The molecule has 2 aliphatic rings. The molecule has 2 heterocycles. The number of carbonyl (C=O) groups is 6. The predicted molar refractivity (Wildman–Crippen MR) is 343 cm³/mol. The summed E-state index contributed by atoms with van der Waals surface area (Å²) in [6, 6.07) is 59.2. The van der Waals surface area contributed by atoms with Crippen molar-refractivity contribution in [2.45, 2.75) is 5.72 Å². The van der Waals surface area contributed by atoms with Crippen LogP contribution in [0.4, 0.5) is 59.9 Å². The third-order valence-electron chi connectivity index (χ3n) is 11.6. The summed E-state index contributed by atoms with van der Waals surface area (Å²) in [4.78, 5) is 91.8. The predicted octanol–water partition coefficient (Wildman–Crippen LogP) is 17.2. The average molecular weight is 1310 g/mol. The highest BCUT2D eigenvalue weighted by atomic mass is 35.5. The molecule has 0 aliphatic carbocycles. The number of hydrogen-bond acceptors (Lipinski definition) is 10. The van der Waals surface area contributed by atoms with Gasteiger partial charge in [-0.1, -0.05) is 172 Å². The third-order valence-corrected chi connectivity index (χ3v) is 13.5. The smallest absolute Gasteiger partial charge is 0.343 e. The van der Waals surface area contributed by atoms with E-state index in [9.17, 15) is 38.7 Å². The number of benzene rings is 9. The van der Waals surface area contributed by atoms with E-state index in [-0.39, 0.29) is 28.7 Å². The lowest BCUT2D eigenvalue weighted by atomic mass is 10.0. The number of aliphatic imine (C=N–C) groups is 1. The quantitative estimate of drug-likeness (QED) is 0.0374. The first-order valence-corrected chi connectivity index (χ1v) is 27.8. The zero-order valence-electron chi connectivity index (χ0n) is 44.0. The van der Waals surface area contributed by atoms with E-state index in [1.165, 1.54) is 42.5 Å². The van der Waals surface area contributed by atoms with Crippen LogP contribution in [0.3, 0.4) is 0 Å². The van der Waals surface area contributed by atoms with Gasteiger partial charge in [-0.2, -0.15) is 4.99 Å². The Kier molecular flexibility index (Phi) is 22.9. The molecular weight excluding hydrogens is 1270 g/mol. The van der Waals surface area contributed by atoms with Crippen LogP contribution in [0, 0.1) is 0 Å². The van der Waals surface area contributed by atoms with Gasteiger partial charge >= 0.3 is 29.9 Å². The Balaban J connectivity index is 0.000000164. The number of nitrogens with two attached hydrogens (primary N) is 1. The number of isocyanates is 1. The van der Waals surface area contributed by atoms with E-state index < -0.39 is 35.5 Å². The molecular formula is C62H42Cl8N8O8. The number of nitrogens with zero attached hydrogens (tertiary/aromatic N) is 5. The number of imide groups is 3. The minimum atomic E-state index is -2.23. The van der Waals surface area contributed by atoms with E-state index in [0.717, 1.165) is 19.6 Å². The minimum Gasteiger partial charge on any atom is -0.399 e. The van der Waals surface area contributed by atoms with Gasteiger partial charge < -0.3 is 21.5 Å². The van der Waals surface area contributed by atoms with Crippen LogP contribution in [0.15, 0.2) is 229 Å². The molecule has 434 valence electrons. The molecule has 1 atom stereocenters. The van der Waals surface area contributed by atoms with E-state index in [4.69, 9.17) is 98.5 Å². The van der Waals surface area contributed by atoms with Crippen LogP contribution in [-0.2, 0) is 24.9 Å². The van der Waals surface area contributed by atoms with Crippen LogP contribution < -0.4 is 36.0 Å². The largest absolute Gasteiger partial charge is 0.399 e. The van der Waals surface area contributed by atoms with Crippen molar-refractivity contribution >= 4 is 180 Å². The van der Waals surface area contributed by atoms with Gasteiger partial charge in [-0.25, -0.2) is 33.9 Å². The summed E-state index contributed by atoms with van der Waals surface area (Å²) < 4.78 is 0. The van der Waals surface area contributed by atoms with Gasteiger partial charge in [0.05, 0.1) is 28.4 Å². The highest BCUT2D eigenvalue weighted by Gasteiger charge is 2.59. The molecule has 1 unspecified atom stereocenters. The van der Waals surface area contributed by atoms with Gasteiger partial charge in [-0.3, -0.25) is 19.3 Å². The maximum atomic E-state index is 13.4. The molecule has 9 amide bonds.